The second-order valence-electron chi connectivity index (χ2n) is 4.99. The fraction of sp³-hybridized carbons (Fsp3) is 0.118. The van der Waals surface area contributed by atoms with Crippen LogP contribution in [0.25, 0.3) is 17.3 Å². The Hall–Kier alpha value is -3.02. The summed E-state index contributed by atoms with van der Waals surface area (Å²) in [7, 11) is 0. The molecule has 5 nitrogen and oxygen atoms in total. The molecule has 0 radical (unpaired) electrons. The second-order valence-corrected chi connectivity index (χ2v) is 4.99. The number of rotatable bonds is 5. The molecule has 0 aliphatic carbocycles. The summed E-state index contributed by atoms with van der Waals surface area (Å²) in [6.45, 7) is 2.67. The van der Waals surface area contributed by atoms with Gasteiger partial charge in [-0.15, -0.1) is 0 Å². The van der Waals surface area contributed by atoms with Crippen molar-refractivity contribution < 1.29 is 9.18 Å². The van der Waals surface area contributed by atoms with Crippen LogP contribution in [0.4, 0.5) is 4.39 Å². The van der Waals surface area contributed by atoms with Gasteiger partial charge in [0.25, 0.3) is 0 Å². The molecule has 0 unspecified atom stereocenters. The van der Waals surface area contributed by atoms with Crippen molar-refractivity contribution in [1.29, 1.82) is 0 Å². The van der Waals surface area contributed by atoms with E-state index in [0.29, 0.717) is 12.1 Å². The first-order valence-electron chi connectivity index (χ1n) is 7.21. The average Bonchev–Trinajstić information content (AvgIpc) is 3.22. The lowest BCUT2D eigenvalue weighted by atomic mass is 10.1. The summed E-state index contributed by atoms with van der Waals surface area (Å²) < 4.78 is 14.7. The molecule has 6 heteroatoms. The van der Waals surface area contributed by atoms with Gasteiger partial charge in [0.1, 0.15) is 5.82 Å². The van der Waals surface area contributed by atoms with Crippen LogP contribution in [0.15, 0.2) is 48.9 Å². The molecule has 0 saturated carbocycles. The lowest BCUT2D eigenvalue weighted by Crippen LogP contribution is -1.94. The number of hydrogen-bond acceptors (Lipinski definition) is 3. The van der Waals surface area contributed by atoms with Crippen molar-refractivity contribution in [2.75, 3.05) is 0 Å². The molecule has 0 bridgehead atoms. The van der Waals surface area contributed by atoms with Gasteiger partial charge in [0.2, 0.25) is 0 Å². The first-order valence-corrected chi connectivity index (χ1v) is 7.21. The summed E-state index contributed by atoms with van der Waals surface area (Å²) in [5, 5.41) is 10.9. The van der Waals surface area contributed by atoms with E-state index >= 15 is 0 Å². The molecular weight excluding hydrogens is 295 g/mol. The normalized spacial score (nSPS) is 11.2. The topological polar surface area (TPSA) is 63.6 Å². The summed E-state index contributed by atoms with van der Waals surface area (Å²) in [6, 6.07) is 6.09. The predicted octanol–water partition coefficient (Wildman–Crippen LogP) is 3.33. The Morgan fingerprint density at radius 2 is 2.09 bits per heavy atom. The lowest BCUT2D eigenvalue weighted by Gasteiger charge is -1.99. The number of nitrogens with one attached hydrogen (secondary N) is 1. The van der Waals surface area contributed by atoms with Gasteiger partial charge in [-0.1, -0.05) is 0 Å². The molecule has 1 N–H and O–H groups in total. The molecule has 0 amide bonds. The number of nitrogens with zero attached hydrogens (tertiary/aromatic N) is 3. The van der Waals surface area contributed by atoms with Crippen molar-refractivity contribution >= 4 is 11.9 Å². The molecule has 116 valence electrons. The van der Waals surface area contributed by atoms with Crippen LogP contribution in [0.3, 0.4) is 0 Å². The monoisotopic (exact) mass is 310 g/mol. The molecular formula is C17H15FN4O. The maximum absolute atomic E-state index is 13.0. The molecule has 0 spiro atoms. The Bertz CT molecular complexity index is 846. The van der Waals surface area contributed by atoms with Gasteiger partial charge in [-0.2, -0.15) is 10.2 Å². The zero-order valence-corrected chi connectivity index (χ0v) is 12.5. The van der Waals surface area contributed by atoms with Crippen molar-refractivity contribution in [3.63, 3.8) is 0 Å². The maximum Gasteiger partial charge on any atom is 0.189 e. The largest absolute Gasteiger partial charge is 0.289 e. The second kappa shape index (κ2) is 6.39. The van der Waals surface area contributed by atoms with Crippen LogP contribution < -0.4 is 0 Å². The van der Waals surface area contributed by atoms with Crippen LogP contribution in [-0.2, 0) is 6.54 Å². The minimum atomic E-state index is -0.298. The molecule has 2 aromatic heterocycles. The minimum Gasteiger partial charge on any atom is -0.289 e. The molecule has 3 rings (SSSR count). The Labute approximate surface area is 132 Å². The third-order valence-electron chi connectivity index (χ3n) is 3.46. The van der Waals surface area contributed by atoms with E-state index in [0.717, 1.165) is 16.8 Å². The molecule has 1 aromatic carbocycles. The SMILES string of the molecule is CCn1cc(C(=O)/C=C/c2cn[nH]c2-c2ccc(F)cc2)cn1. The van der Waals surface area contributed by atoms with Crippen molar-refractivity contribution in [2.45, 2.75) is 13.5 Å². The molecule has 0 fully saturated rings. The zero-order chi connectivity index (χ0) is 16.2. The van der Waals surface area contributed by atoms with Gasteiger partial charge in [0, 0.05) is 23.9 Å². The summed E-state index contributed by atoms with van der Waals surface area (Å²) in [5.41, 5.74) is 2.83. The number of carbonyl (C=O) groups excluding carboxylic acids is 1. The molecule has 0 aliphatic heterocycles. The fourth-order valence-electron chi connectivity index (χ4n) is 2.20. The van der Waals surface area contributed by atoms with E-state index in [1.54, 1.807) is 41.5 Å². The zero-order valence-electron chi connectivity index (χ0n) is 12.5. The van der Waals surface area contributed by atoms with Crippen LogP contribution in [0.2, 0.25) is 0 Å². The predicted molar refractivity (Wildman–Crippen MR) is 85.2 cm³/mol. The van der Waals surface area contributed by atoms with Gasteiger partial charge in [0.15, 0.2) is 5.78 Å². The Morgan fingerprint density at radius 3 is 2.78 bits per heavy atom. The highest BCUT2D eigenvalue weighted by Crippen LogP contribution is 2.22. The number of allylic oxidation sites excluding steroid dienone is 1. The number of benzene rings is 1. The summed E-state index contributed by atoms with van der Waals surface area (Å²) in [5.74, 6) is -0.426. The molecule has 0 aliphatic rings. The molecule has 2 heterocycles. The summed E-state index contributed by atoms with van der Waals surface area (Å²) >= 11 is 0. The van der Waals surface area contributed by atoms with Gasteiger partial charge in [-0.3, -0.25) is 14.6 Å². The van der Waals surface area contributed by atoms with Crippen LogP contribution in [-0.4, -0.2) is 25.8 Å². The number of H-pyrrole nitrogens is 1. The van der Waals surface area contributed by atoms with Gasteiger partial charge in [-0.05, 0) is 43.3 Å². The van der Waals surface area contributed by atoms with E-state index in [1.807, 2.05) is 6.92 Å². The highest BCUT2D eigenvalue weighted by Gasteiger charge is 2.08. The molecule has 0 atom stereocenters. The third kappa shape index (κ3) is 3.26. The molecule has 0 saturated heterocycles. The standard InChI is InChI=1S/C17H15FN4O/c1-2-22-11-14(10-20-22)16(23)8-5-13-9-19-21-17(13)12-3-6-15(18)7-4-12/h3-11H,2H2,1H3,(H,19,21)/b8-5+. The van der Waals surface area contributed by atoms with Gasteiger partial charge in [0.05, 0.1) is 23.7 Å². The Kier molecular flexibility index (Phi) is 4.14. The highest BCUT2D eigenvalue weighted by molar-refractivity contribution is 6.06. The van der Waals surface area contributed by atoms with Crippen LogP contribution in [0.1, 0.15) is 22.8 Å². The first-order chi connectivity index (χ1) is 11.2. The number of carbonyl (C=O) groups is 1. The number of aromatic amines is 1. The van der Waals surface area contributed by atoms with Crippen LogP contribution in [0.5, 0.6) is 0 Å². The van der Waals surface area contributed by atoms with Gasteiger partial charge in [-0.25, -0.2) is 4.39 Å². The molecule has 3 aromatic rings. The van der Waals surface area contributed by atoms with Crippen molar-refractivity contribution in [1.82, 2.24) is 20.0 Å². The van der Waals surface area contributed by atoms with Crippen LogP contribution in [0, 0.1) is 5.82 Å². The number of aryl methyl sites for hydroxylation is 1. The summed E-state index contributed by atoms with van der Waals surface area (Å²) in [6.07, 6.45) is 8.05. The van der Waals surface area contributed by atoms with E-state index in [2.05, 4.69) is 15.3 Å². The van der Waals surface area contributed by atoms with Crippen molar-refractivity contribution in [3.05, 3.63) is 65.9 Å². The quantitative estimate of drug-likeness (QED) is 0.581. The fourth-order valence-corrected chi connectivity index (χ4v) is 2.20. The van der Waals surface area contributed by atoms with Gasteiger partial charge >= 0.3 is 0 Å². The van der Waals surface area contributed by atoms with E-state index in [9.17, 15) is 9.18 Å². The van der Waals surface area contributed by atoms with Crippen molar-refractivity contribution in [3.8, 4) is 11.3 Å². The van der Waals surface area contributed by atoms with Gasteiger partial charge < -0.3 is 0 Å². The first kappa shape index (κ1) is 14.9. The number of hydrogen-bond donors (Lipinski definition) is 1. The van der Waals surface area contributed by atoms with E-state index in [-0.39, 0.29) is 11.6 Å². The van der Waals surface area contributed by atoms with E-state index in [1.165, 1.54) is 18.2 Å². The Morgan fingerprint density at radius 1 is 1.30 bits per heavy atom. The molecule has 23 heavy (non-hydrogen) atoms. The Balaban J connectivity index is 1.82. The van der Waals surface area contributed by atoms with Crippen LogP contribution >= 0.6 is 0 Å². The number of ketones is 1. The van der Waals surface area contributed by atoms with E-state index in [4.69, 9.17) is 0 Å². The average molecular weight is 310 g/mol. The smallest absolute Gasteiger partial charge is 0.189 e. The highest BCUT2D eigenvalue weighted by atomic mass is 19.1. The summed E-state index contributed by atoms with van der Waals surface area (Å²) in [4.78, 5) is 12.1. The number of halogens is 1. The maximum atomic E-state index is 13.0. The minimum absolute atomic E-state index is 0.129. The van der Waals surface area contributed by atoms with E-state index < -0.39 is 0 Å². The third-order valence-corrected chi connectivity index (χ3v) is 3.46. The number of aromatic nitrogens is 4. The lowest BCUT2D eigenvalue weighted by molar-refractivity contribution is 0.104. The van der Waals surface area contributed by atoms with Crippen molar-refractivity contribution in [2.24, 2.45) is 0 Å².